The van der Waals surface area contributed by atoms with Crippen molar-refractivity contribution in [2.75, 3.05) is 0 Å². The van der Waals surface area contributed by atoms with Gasteiger partial charge in [-0.1, -0.05) is 84.9 Å². The van der Waals surface area contributed by atoms with Crippen molar-refractivity contribution >= 4 is 22.4 Å². The maximum absolute atomic E-state index is 6.26. The molecular weight excluding hydrogens is 378 g/mol. The molecule has 5 rings (SSSR count). The van der Waals surface area contributed by atoms with Gasteiger partial charge in [-0.05, 0) is 45.6 Å². The standard InChI is InChI=1S/C25H16ClN3/c26-25-28-23(21-12-6-11-20(15-21)17-7-2-1-3-8-17)27-24(29-25)22-14-13-18-9-4-5-10-19(18)16-22/h1-16H. The van der Waals surface area contributed by atoms with Crippen LogP contribution < -0.4 is 0 Å². The van der Waals surface area contributed by atoms with Gasteiger partial charge in [0.2, 0.25) is 5.28 Å². The number of rotatable bonds is 3. The predicted octanol–water partition coefficient (Wildman–Crippen LogP) is 6.68. The number of hydrogen-bond donors (Lipinski definition) is 0. The molecule has 1 aromatic heterocycles. The second-order valence-corrected chi connectivity index (χ2v) is 7.10. The van der Waals surface area contributed by atoms with Crippen molar-refractivity contribution < 1.29 is 0 Å². The molecule has 0 aliphatic carbocycles. The average Bonchev–Trinajstić information content (AvgIpc) is 2.79. The van der Waals surface area contributed by atoms with Gasteiger partial charge in [-0.2, -0.15) is 9.97 Å². The number of fused-ring (bicyclic) bond motifs is 1. The smallest absolute Gasteiger partial charge is 0.208 e. The Balaban J connectivity index is 1.59. The first-order chi connectivity index (χ1) is 14.3. The van der Waals surface area contributed by atoms with Gasteiger partial charge in [-0.3, -0.25) is 0 Å². The summed E-state index contributed by atoms with van der Waals surface area (Å²) in [5.41, 5.74) is 4.06. The van der Waals surface area contributed by atoms with E-state index in [0.717, 1.165) is 27.6 Å². The normalized spacial score (nSPS) is 10.9. The lowest BCUT2D eigenvalue weighted by Gasteiger charge is -2.08. The van der Waals surface area contributed by atoms with E-state index >= 15 is 0 Å². The second kappa shape index (κ2) is 7.46. The molecule has 1 heterocycles. The van der Waals surface area contributed by atoms with Crippen LogP contribution >= 0.6 is 11.6 Å². The zero-order valence-corrected chi connectivity index (χ0v) is 16.2. The monoisotopic (exact) mass is 393 g/mol. The Morgan fingerprint density at radius 1 is 0.448 bits per heavy atom. The molecule has 0 radical (unpaired) electrons. The minimum Gasteiger partial charge on any atom is -0.208 e. The Hall–Kier alpha value is -3.56. The van der Waals surface area contributed by atoms with Crippen LogP contribution in [0.4, 0.5) is 0 Å². The highest BCUT2D eigenvalue weighted by Crippen LogP contribution is 2.27. The lowest BCUT2D eigenvalue weighted by Crippen LogP contribution is -1.97. The van der Waals surface area contributed by atoms with E-state index < -0.39 is 0 Å². The molecule has 4 heteroatoms. The summed E-state index contributed by atoms with van der Waals surface area (Å²) in [7, 11) is 0. The summed E-state index contributed by atoms with van der Waals surface area (Å²) >= 11 is 6.26. The first-order valence-electron chi connectivity index (χ1n) is 9.33. The third-order valence-corrected chi connectivity index (χ3v) is 5.01. The van der Waals surface area contributed by atoms with E-state index in [1.807, 2.05) is 48.5 Å². The van der Waals surface area contributed by atoms with Crippen LogP contribution in [0.5, 0.6) is 0 Å². The number of hydrogen-bond acceptors (Lipinski definition) is 3. The molecule has 0 amide bonds. The molecule has 0 N–H and O–H groups in total. The van der Waals surface area contributed by atoms with Crippen LogP contribution in [-0.2, 0) is 0 Å². The number of benzene rings is 4. The minimum absolute atomic E-state index is 0.184. The van der Waals surface area contributed by atoms with Gasteiger partial charge >= 0.3 is 0 Å². The molecule has 0 fully saturated rings. The van der Waals surface area contributed by atoms with E-state index in [1.165, 1.54) is 5.39 Å². The van der Waals surface area contributed by atoms with Crippen molar-refractivity contribution in [2.45, 2.75) is 0 Å². The molecule has 5 aromatic rings. The van der Waals surface area contributed by atoms with Gasteiger partial charge in [0.25, 0.3) is 0 Å². The summed E-state index contributed by atoms with van der Waals surface area (Å²) in [5, 5.41) is 2.49. The molecule has 0 unspecified atom stereocenters. The fourth-order valence-electron chi connectivity index (χ4n) is 3.41. The van der Waals surface area contributed by atoms with Crippen molar-refractivity contribution in [3.63, 3.8) is 0 Å². The molecule has 138 valence electrons. The highest BCUT2D eigenvalue weighted by molar-refractivity contribution is 6.28. The number of aromatic nitrogens is 3. The van der Waals surface area contributed by atoms with E-state index in [1.54, 1.807) is 0 Å². The molecule has 0 saturated carbocycles. The molecule has 0 atom stereocenters. The summed E-state index contributed by atoms with van der Waals surface area (Å²) in [6.45, 7) is 0. The Labute approximate surface area is 173 Å². The molecular formula is C25H16ClN3. The zero-order chi connectivity index (χ0) is 19.6. The van der Waals surface area contributed by atoms with Crippen LogP contribution in [0.3, 0.4) is 0 Å². The SMILES string of the molecule is Clc1nc(-c2cccc(-c3ccccc3)c2)nc(-c2ccc3ccccc3c2)n1. The van der Waals surface area contributed by atoms with Crippen LogP contribution in [0.1, 0.15) is 0 Å². The second-order valence-electron chi connectivity index (χ2n) is 6.76. The lowest BCUT2D eigenvalue weighted by atomic mass is 10.0. The molecule has 0 saturated heterocycles. The summed E-state index contributed by atoms with van der Waals surface area (Å²) in [6, 6.07) is 32.7. The third-order valence-electron chi connectivity index (χ3n) is 4.84. The summed E-state index contributed by atoms with van der Waals surface area (Å²) in [5.74, 6) is 1.13. The average molecular weight is 394 g/mol. The highest BCUT2D eigenvalue weighted by atomic mass is 35.5. The Bertz CT molecular complexity index is 1320. The van der Waals surface area contributed by atoms with Crippen molar-refractivity contribution in [3.8, 4) is 33.9 Å². The summed E-state index contributed by atoms with van der Waals surface area (Å²) in [6.07, 6.45) is 0. The van der Waals surface area contributed by atoms with Gasteiger partial charge in [-0.15, -0.1) is 0 Å². The number of halogens is 1. The predicted molar refractivity (Wildman–Crippen MR) is 119 cm³/mol. The van der Waals surface area contributed by atoms with Gasteiger partial charge in [0.1, 0.15) is 0 Å². The van der Waals surface area contributed by atoms with Gasteiger partial charge in [-0.25, -0.2) is 4.98 Å². The molecule has 0 aliphatic rings. The summed E-state index contributed by atoms with van der Waals surface area (Å²) in [4.78, 5) is 13.4. The Kier molecular flexibility index (Phi) is 4.51. The van der Waals surface area contributed by atoms with Gasteiger partial charge in [0, 0.05) is 11.1 Å². The van der Waals surface area contributed by atoms with E-state index in [9.17, 15) is 0 Å². The van der Waals surface area contributed by atoms with Gasteiger partial charge in [0.05, 0.1) is 0 Å². The van der Waals surface area contributed by atoms with Crippen LogP contribution in [0.2, 0.25) is 5.28 Å². The molecule has 0 aliphatic heterocycles. The molecule has 3 nitrogen and oxygen atoms in total. The zero-order valence-electron chi connectivity index (χ0n) is 15.5. The van der Waals surface area contributed by atoms with Crippen LogP contribution in [0, 0.1) is 0 Å². The maximum Gasteiger partial charge on any atom is 0.226 e. The van der Waals surface area contributed by atoms with Gasteiger partial charge in [0.15, 0.2) is 11.6 Å². The lowest BCUT2D eigenvalue weighted by molar-refractivity contribution is 1.07. The highest BCUT2D eigenvalue weighted by Gasteiger charge is 2.11. The topological polar surface area (TPSA) is 38.7 Å². The van der Waals surface area contributed by atoms with Crippen LogP contribution in [-0.4, -0.2) is 15.0 Å². The first kappa shape index (κ1) is 17.5. The molecule has 0 spiro atoms. The molecule has 29 heavy (non-hydrogen) atoms. The quantitative estimate of drug-likeness (QED) is 0.343. The van der Waals surface area contributed by atoms with Crippen LogP contribution in [0.25, 0.3) is 44.7 Å². The first-order valence-corrected chi connectivity index (χ1v) is 9.71. The van der Waals surface area contributed by atoms with E-state index in [4.69, 9.17) is 16.6 Å². The Morgan fingerprint density at radius 2 is 1.07 bits per heavy atom. The van der Waals surface area contributed by atoms with E-state index in [2.05, 4.69) is 58.5 Å². The van der Waals surface area contributed by atoms with Crippen molar-refractivity contribution in [3.05, 3.63) is 102 Å². The van der Waals surface area contributed by atoms with Gasteiger partial charge < -0.3 is 0 Å². The minimum atomic E-state index is 0.184. The van der Waals surface area contributed by atoms with Crippen LogP contribution in [0.15, 0.2) is 97.1 Å². The van der Waals surface area contributed by atoms with Crippen molar-refractivity contribution in [1.29, 1.82) is 0 Å². The number of nitrogens with zero attached hydrogens (tertiary/aromatic N) is 3. The largest absolute Gasteiger partial charge is 0.226 e. The fraction of sp³-hybridized carbons (Fsp3) is 0. The fourth-order valence-corrected chi connectivity index (χ4v) is 3.57. The maximum atomic E-state index is 6.26. The van der Waals surface area contributed by atoms with Crippen molar-refractivity contribution in [2.24, 2.45) is 0 Å². The Morgan fingerprint density at radius 3 is 1.86 bits per heavy atom. The third kappa shape index (κ3) is 3.60. The van der Waals surface area contributed by atoms with E-state index in [0.29, 0.717) is 11.6 Å². The molecule has 0 bridgehead atoms. The van der Waals surface area contributed by atoms with Crippen molar-refractivity contribution in [1.82, 2.24) is 15.0 Å². The van der Waals surface area contributed by atoms with E-state index in [-0.39, 0.29) is 5.28 Å². The molecule has 4 aromatic carbocycles. The summed E-state index contributed by atoms with van der Waals surface area (Å²) < 4.78 is 0.